The van der Waals surface area contributed by atoms with Crippen molar-refractivity contribution in [3.05, 3.63) is 58.6 Å². The fourth-order valence-corrected chi connectivity index (χ4v) is 2.37. The molecule has 0 unspecified atom stereocenters. The van der Waals surface area contributed by atoms with Crippen molar-refractivity contribution < 1.29 is 22.7 Å². The van der Waals surface area contributed by atoms with E-state index in [9.17, 15) is 18.0 Å². The molecule has 0 atom stereocenters. The molecule has 2 rings (SSSR count). The quantitative estimate of drug-likeness (QED) is 0.723. The van der Waals surface area contributed by atoms with E-state index >= 15 is 0 Å². The van der Waals surface area contributed by atoms with Gasteiger partial charge in [-0.3, -0.25) is 0 Å². The van der Waals surface area contributed by atoms with Gasteiger partial charge in [-0.15, -0.1) is 0 Å². The van der Waals surface area contributed by atoms with Gasteiger partial charge in [0.25, 0.3) is 0 Å². The van der Waals surface area contributed by atoms with Crippen LogP contribution < -0.4 is 15.4 Å². The molecule has 0 spiro atoms. The Morgan fingerprint density at radius 3 is 2.46 bits per heavy atom. The van der Waals surface area contributed by atoms with Crippen LogP contribution in [0.25, 0.3) is 0 Å². The zero-order valence-electron chi connectivity index (χ0n) is 14.0. The van der Waals surface area contributed by atoms with Crippen molar-refractivity contribution in [2.45, 2.75) is 19.5 Å². The third kappa shape index (κ3) is 5.84. The number of ether oxygens (including phenoxy) is 1. The third-order valence-electron chi connectivity index (χ3n) is 3.48. The number of rotatable bonds is 6. The predicted octanol–water partition coefficient (Wildman–Crippen LogP) is 5.12. The summed E-state index contributed by atoms with van der Waals surface area (Å²) in [7, 11) is 0. The van der Waals surface area contributed by atoms with Crippen LogP contribution in [0.15, 0.2) is 42.5 Å². The summed E-state index contributed by atoms with van der Waals surface area (Å²) in [4.78, 5) is 11.9. The highest BCUT2D eigenvalue weighted by molar-refractivity contribution is 6.33. The van der Waals surface area contributed by atoms with E-state index < -0.39 is 17.8 Å². The molecule has 0 bridgehead atoms. The number of anilines is 1. The molecule has 2 N–H and O–H groups in total. The predicted molar refractivity (Wildman–Crippen MR) is 94.8 cm³/mol. The lowest BCUT2D eigenvalue weighted by atomic mass is 10.1. The van der Waals surface area contributed by atoms with Crippen molar-refractivity contribution in [3.63, 3.8) is 0 Å². The largest absolute Gasteiger partial charge is 0.494 e. The minimum atomic E-state index is -4.51. The fraction of sp³-hybridized carbons (Fsp3) is 0.278. The number of carbonyl (C=O) groups is 1. The number of hydrogen-bond acceptors (Lipinski definition) is 2. The molecule has 2 aromatic rings. The normalized spacial score (nSPS) is 11.1. The number of alkyl halides is 3. The van der Waals surface area contributed by atoms with Crippen LogP contribution in [0.5, 0.6) is 5.75 Å². The molecule has 2 aromatic carbocycles. The zero-order valence-corrected chi connectivity index (χ0v) is 14.7. The summed E-state index contributed by atoms with van der Waals surface area (Å²) in [5.74, 6) is 0.765. The lowest BCUT2D eigenvalue weighted by molar-refractivity contribution is -0.137. The summed E-state index contributed by atoms with van der Waals surface area (Å²) in [6, 6.07) is 9.56. The second-order valence-corrected chi connectivity index (χ2v) is 5.81. The van der Waals surface area contributed by atoms with E-state index in [0.717, 1.165) is 29.5 Å². The van der Waals surface area contributed by atoms with E-state index in [-0.39, 0.29) is 10.7 Å². The van der Waals surface area contributed by atoms with Crippen LogP contribution in [0.1, 0.15) is 18.1 Å². The van der Waals surface area contributed by atoms with Crippen molar-refractivity contribution in [2.75, 3.05) is 18.5 Å². The van der Waals surface area contributed by atoms with Crippen LogP contribution in [-0.2, 0) is 12.6 Å². The monoisotopic (exact) mass is 386 g/mol. The van der Waals surface area contributed by atoms with Crippen LogP contribution in [-0.4, -0.2) is 19.2 Å². The Morgan fingerprint density at radius 2 is 1.85 bits per heavy atom. The van der Waals surface area contributed by atoms with Gasteiger partial charge in [0.1, 0.15) is 5.75 Å². The summed E-state index contributed by atoms with van der Waals surface area (Å²) in [5, 5.41) is 4.94. The van der Waals surface area contributed by atoms with Crippen LogP contribution in [0, 0.1) is 0 Å². The molecular formula is C18H18ClF3N2O2. The average molecular weight is 387 g/mol. The number of amides is 2. The Hall–Kier alpha value is -2.41. The maximum Gasteiger partial charge on any atom is 0.416 e. The first kappa shape index (κ1) is 19.9. The van der Waals surface area contributed by atoms with Crippen LogP contribution in [0.2, 0.25) is 5.02 Å². The number of hydrogen-bond donors (Lipinski definition) is 2. The van der Waals surface area contributed by atoms with E-state index in [0.29, 0.717) is 19.6 Å². The molecule has 0 aliphatic rings. The number of carbonyl (C=O) groups excluding carboxylic acids is 1. The van der Waals surface area contributed by atoms with Gasteiger partial charge in [-0.05, 0) is 49.2 Å². The first-order chi connectivity index (χ1) is 12.3. The summed E-state index contributed by atoms with van der Waals surface area (Å²) >= 11 is 5.84. The van der Waals surface area contributed by atoms with Gasteiger partial charge in [0, 0.05) is 6.54 Å². The van der Waals surface area contributed by atoms with Crippen LogP contribution >= 0.6 is 11.6 Å². The van der Waals surface area contributed by atoms with Gasteiger partial charge in [0.05, 0.1) is 22.9 Å². The standard InChI is InChI=1S/C18H18ClF3N2O2/c1-2-26-14-6-3-12(4-7-14)9-10-23-17(25)24-16-11-13(18(20,21)22)5-8-15(16)19/h3-8,11H,2,9-10H2,1H3,(H2,23,24,25). The number of urea groups is 1. The van der Waals surface area contributed by atoms with Gasteiger partial charge in [0.2, 0.25) is 0 Å². The topological polar surface area (TPSA) is 50.4 Å². The van der Waals surface area contributed by atoms with Gasteiger partial charge in [0.15, 0.2) is 0 Å². The Morgan fingerprint density at radius 1 is 1.15 bits per heavy atom. The Kier molecular flexibility index (Phi) is 6.74. The lowest BCUT2D eigenvalue weighted by Gasteiger charge is -2.12. The molecular weight excluding hydrogens is 369 g/mol. The molecule has 140 valence electrons. The molecule has 0 aliphatic carbocycles. The highest BCUT2D eigenvalue weighted by Gasteiger charge is 2.31. The highest BCUT2D eigenvalue weighted by Crippen LogP contribution is 2.33. The van der Waals surface area contributed by atoms with Crippen molar-refractivity contribution in [1.82, 2.24) is 5.32 Å². The van der Waals surface area contributed by atoms with Gasteiger partial charge >= 0.3 is 12.2 Å². The third-order valence-corrected chi connectivity index (χ3v) is 3.81. The first-order valence-corrected chi connectivity index (χ1v) is 8.30. The van der Waals surface area contributed by atoms with Gasteiger partial charge in [-0.25, -0.2) is 4.79 Å². The first-order valence-electron chi connectivity index (χ1n) is 7.93. The molecule has 26 heavy (non-hydrogen) atoms. The maximum atomic E-state index is 12.7. The van der Waals surface area contributed by atoms with Crippen LogP contribution in [0.4, 0.5) is 23.7 Å². The molecule has 0 fully saturated rings. The second kappa shape index (κ2) is 8.80. The summed E-state index contributed by atoms with van der Waals surface area (Å²) in [5.41, 5.74) is 0.0116. The van der Waals surface area contributed by atoms with Crippen molar-refractivity contribution in [2.24, 2.45) is 0 Å². The van der Waals surface area contributed by atoms with Crippen molar-refractivity contribution in [1.29, 1.82) is 0 Å². The summed E-state index contributed by atoms with van der Waals surface area (Å²) < 4.78 is 43.5. The van der Waals surface area contributed by atoms with E-state index in [1.54, 1.807) is 0 Å². The van der Waals surface area contributed by atoms with Crippen molar-refractivity contribution in [3.8, 4) is 5.75 Å². The number of nitrogens with one attached hydrogen (secondary N) is 2. The molecule has 2 amide bonds. The van der Waals surface area contributed by atoms with Crippen molar-refractivity contribution >= 4 is 23.3 Å². The molecule has 8 heteroatoms. The molecule has 0 aromatic heterocycles. The molecule has 4 nitrogen and oxygen atoms in total. The zero-order chi connectivity index (χ0) is 19.2. The van der Waals surface area contributed by atoms with Gasteiger partial charge in [-0.2, -0.15) is 13.2 Å². The average Bonchev–Trinajstić information content (AvgIpc) is 2.58. The molecule has 0 radical (unpaired) electrons. The lowest BCUT2D eigenvalue weighted by Crippen LogP contribution is -2.30. The second-order valence-electron chi connectivity index (χ2n) is 5.40. The van der Waals surface area contributed by atoms with E-state index in [1.165, 1.54) is 0 Å². The Labute approximate surface area is 154 Å². The smallest absolute Gasteiger partial charge is 0.416 e. The van der Waals surface area contributed by atoms with E-state index in [4.69, 9.17) is 16.3 Å². The Bertz CT molecular complexity index is 749. The molecule has 0 saturated heterocycles. The fourth-order valence-electron chi connectivity index (χ4n) is 2.20. The minimum absolute atomic E-state index is 0.0275. The van der Waals surface area contributed by atoms with Crippen LogP contribution in [0.3, 0.4) is 0 Å². The van der Waals surface area contributed by atoms with E-state index in [1.807, 2.05) is 31.2 Å². The summed E-state index contributed by atoms with van der Waals surface area (Å²) in [6.07, 6.45) is -3.94. The number of benzene rings is 2. The Balaban J connectivity index is 1.87. The summed E-state index contributed by atoms with van der Waals surface area (Å²) in [6.45, 7) is 2.79. The minimum Gasteiger partial charge on any atom is -0.494 e. The highest BCUT2D eigenvalue weighted by atomic mass is 35.5. The SMILES string of the molecule is CCOc1ccc(CCNC(=O)Nc2cc(C(F)(F)F)ccc2Cl)cc1. The maximum absolute atomic E-state index is 12.7. The molecule has 0 heterocycles. The number of halogens is 4. The molecule has 0 aliphatic heterocycles. The van der Waals surface area contributed by atoms with Gasteiger partial charge < -0.3 is 15.4 Å². The molecule has 0 saturated carbocycles. The van der Waals surface area contributed by atoms with E-state index in [2.05, 4.69) is 10.6 Å². The van der Waals surface area contributed by atoms with Gasteiger partial charge in [-0.1, -0.05) is 23.7 Å².